The smallest absolute Gasteiger partial charge is 0.416 e. The second-order valence-electron chi connectivity index (χ2n) is 8.68. The Hall–Kier alpha value is -3.26. The zero-order chi connectivity index (χ0) is 31.3. The van der Waals surface area contributed by atoms with Crippen LogP contribution in [0, 0.1) is 0 Å². The molecule has 0 saturated heterocycles. The van der Waals surface area contributed by atoms with Gasteiger partial charge in [-0.1, -0.05) is 31.5 Å². The van der Waals surface area contributed by atoms with Crippen molar-refractivity contribution in [1.29, 1.82) is 0 Å². The van der Waals surface area contributed by atoms with Crippen LogP contribution in [0.2, 0.25) is 5.02 Å². The molecule has 232 valence electrons. The first-order chi connectivity index (χ1) is 19.9. The first kappa shape index (κ1) is 34.9. The zero-order valence-electron chi connectivity index (χ0n) is 23.6. The fourth-order valence-corrected chi connectivity index (χ4v) is 4.95. The molecule has 0 bridgehead atoms. The van der Waals surface area contributed by atoms with Crippen LogP contribution >= 0.6 is 11.6 Å². The number of benzene rings is 2. The Kier molecular flexibility index (Phi) is 13.6. The maximum Gasteiger partial charge on any atom is 0.416 e. The molecule has 0 spiro atoms. The quantitative estimate of drug-likeness (QED) is 0.110. The fraction of sp³-hybridized carbons (Fsp3) is 0.393. The molecule has 0 aliphatic carbocycles. The lowest BCUT2D eigenvalue weighted by Gasteiger charge is -2.20. The third kappa shape index (κ3) is 10.5. The van der Waals surface area contributed by atoms with Gasteiger partial charge in [0, 0.05) is 18.4 Å². The van der Waals surface area contributed by atoms with Gasteiger partial charge >= 0.3 is 6.18 Å². The van der Waals surface area contributed by atoms with E-state index < -0.39 is 28.2 Å². The number of nitrogens with zero attached hydrogens (tertiary/aromatic N) is 2. The molecule has 0 aliphatic rings. The number of aliphatic hydroxyl groups is 1. The van der Waals surface area contributed by atoms with Crippen LogP contribution in [0.4, 0.5) is 24.5 Å². The standard InChI is InChI=1S/C26H30ClF3N4O5S.C2H6/c1-18(25-23(32-17-31)7-8-34(25)9-11-38-12-14-40(36,37)13-10-35)33-20-5-6-24(22(27)16-20)39-21-4-2-3-19(15-21)26(28,29)30;1-2/h2-8,15-18,33,35H,9-14H2,1H3,(H2,31,32);1-2H3. The Morgan fingerprint density at radius 2 is 1.88 bits per heavy atom. The lowest BCUT2D eigenvalue weighted by atomic mass is 10.2. The van der Waals surface area contributed by atoms with Crippen LogP contribution in [-0.2, 0) is 27.3 Å². The van der Waals surface area contributed by atoms with Crippen LogP contribution in [-0.4, -0.2) is 55.8 Å². The van der Waals surface area contributed by atoms with E-state index >= 15 is 0 Å². The molecule has 42 heavy (non-hydrogen) atoms. The van der Waals surface area contributed by atoms with Crippen molar-refractivity contribution >= 4 is 39.2 Å². The summed E-state index contributed by atoms with van der Waals surface area (Å²) in [5.41, 5.74) is 6.70. The number of aliphatic hydroxyl groups excluding tert-OH is 1. The van der Waals surface area contributed by atoms with Gasteiger partial charge in [0.1, 0.15) is 11.5 Å². The number of hydrogen-bond donors (Lipinski definition) is 3. The number of sulfone groups is 1. The fourth-order valence-electron chi connectivity index (χ4n) is 3.88. The third-order valence-electron chi connectivity index (χ3n) is 5.73. The van der Waals surface area contributed by atoms with E-state index in [1.807, 2.05) is 25.3 Å². The minimum Gasteiger partial charge on any atom is -0.456 e. The number of aliphatic imine (C=N–C) groups is 1. The Balaban J connectivity index is 0.00000301. The van der Waals surface area contributed by atoms with Gasteiger partial charge < -0.3 is 30.2 Å². The van der Waals surface area contributed by atoms with E-state index in [1.54, 1.807) is 30.5 Å². The first-order valence-electron chi connectivity index (χ1n) is 13.2. The van der Waals surface area contributed by atoms with Crippen LogP contribution in [0.15, 0.2) is 59.7 Å². The summed E-state index contributed by atoms with van der Waals surface area (Å²) in [7, 11) is -3.36. The minimum absolute atomic E-state index is 0.00105. The van der Waals surface area contributed by atoms with E-state index in [-0.39, 0.29) is 47.3 Å². The van der Waals surface area contributed by atoms with Gasteiger partial charge in [0.25, 0.3) is 0 Å². The van der Waals surface area contributed by atoms with Gasteiger partial charge in [0.05, 0.1) is 65.7 Å². The van der Waals surface area contributed by atoms with Crippen molar-refractivity contribution < 1.29 is 36.2 Å². The zero-order valence-corrected chi connectivity index (χ0v) is 25.1. The molecule has 0 saturated carbocycles. The molecule has 0 amide bonds. The van der Waals surface area contributed by atoms with E-state index in [4.69, 9.17) is 31.9 Å². The van der Waals surface area contributed by atoms with Crippen molar-refractivity contribution in [2.45, 2.75) is 39.5 Å². The summed E-state index contributed by atoms with van der Waals surface area (Å²) in [6, 6.07) is 10.8. The molecule has 1 unspecified atom stereocenters. The summed E-state index contributed by atoms with van der Waals surface area (Å²) in [6.45, 7) is 6.12. The second-order valence-corrected chi connectivity index (χ2v) is 11.4. The van der Waals surface area contributed by atoms with Crippen LogP contribution in [0.1, 0.15) is 38.1 Å². The number of alkyl halides is 3. The predicted octanol–water partition coefficient (Wildman–Crippen LogP) is 6.19. The molecule has 1 aromatic heterocycles. The van der Waals surface area contributed by atoms with E-state index in [0.29, 0.717) is 17.9 Å². The largest absolute Gasteiger partial charge is 0.456 e. The number of nitrogens with two attached hydrogens (primary N) is 1. The number of hydrogen-bond acceptors (Lipinski definition) is 7. The van der Waals surface area contributed by atoms with Gasteiger partial charge in [-0.15, -0.1) is 0 Å². The molecule has 1 atom stereocenters. The molecule has 0 radical (unpaired) electrons. The highest BCUT2D eigenvalue weighted by Crippen LogP contribution is 2.36. The van der Waals surface area contributed by atoms with Gasteiger partial charge in [0.2, 0.25) is 0 Å². The van der Waals surface area contributed by atoms with Crippen LogP contribution in [0.5, 0.6) is 11.5 Å². The maximum atomic E-state index is 13.0. The number of ether oxygens (including phenoxy) is 2. The lowest BCUT2D eigenvalue weighted by molar-refractivity contribution is -0.137. The molecule has 9 nitrogen and oxygen atoms in total. The molecular weight excluding hydrogens is 597 g/mol. The lowest BCUT2D eigenvalue weighted by Crippen LogP contribution is -2.19. The van der Waals surface area contributed by atoms with Gasteiger partial charge in [-0.05, 0) is 49.4 Å². The van der Waals surface area contributed by atoms with Gasteiger partial charge in [-0.25, -0.2) is 13.4 Å². The van der Waals surface area contributed by atoms with Crippen LogP contribution in [0.3, 0.4) is 0 Å². The van der Waals surface area contributed by atoms with E-state index in [0.717, 1.165) is 17.8 Å². The molecular formula is C28H36ClF3N4O5S. The summed E-state index contributed by atoms with van der Waals surface area (Å²) < 4.78 is 75.4. The molecule has 4 N–H and O–H groups in total. The molecule has 0 fully saturated rings. The third-order valence-corrected chi connectivity index (χ3v) is 7.62. The summed E-state index contributed by atoms with van der Waals surface area (Å²) in [5.74, 6) is -0.291. The predicted molar refractivity (Wildman–Crippen MR) is 160 cm³/mol. The molecule has 2 aromatic carbocycles. The van der Waals surface area contributed by atoms with E-state index in [1.165, 1.54) is 18.5 Å². The van der Waals surface area contributed by atoms with Gasteiger partial charge in [-0.3, -0.25) is 0 Å². The van der Waals surface area contributed by atoms with Crippen molar-refractivity contribution in [3.63, 3.8) is 0 Å². The Bertz CT molecular complexity index is 1410. The summed E-state index contributed by atoms with van der Waals surface area (Å²) in [5, 5.41) is 12.3. The summed E-state index contributed by atoms with van der Waals surface area (Å²) >= 11 is 6.37. The molecule has 1 heterocycles. The molecule has 3 aromatic rings. The number of aromatic nitrogens is 1. The van der Waals surface area contributed by atoms with Gasteiger partial charge in [-0.2, -0.15) is 13.2 Å². The Morgan fingerprint density at radius 3 is 2.52 bits per heavy atom. The molecule has 0 aliphatic heterocycles. The van der Waals surface area contributed by atoms with Crippen LogP contribution < -0.4 is 15.8 Å². The van der Waals surface area contributed by atoms with Crippen molar-refractivity contribution in [1.82, 2.24) is 4.57 Å². The summed E-state index contributed by atoms with van der Waals surface area (Å²) in [4.78, 5) is 4.21. The monoisotopic (exact) mass is 632 g/mol. The first-order valence-corrected chi connectivity index (χ1v) is 15.4. The topological polar surface area (TPSA) is 128 Å². The summed E-state index contributed by atoms with van der Waals surface area (Å²) in [6.07, 6.45) is -1.51. The number of halogens is 4. The highest BCUT2D eigenvalue weighted by atomic mass is 35.5. The van der Waals surface area contributed by atoms with Gasteiger partial charge in [0.15, 0.2) is 9.84 Å². The molecule has 14 heteroatoms. The maximum absolute atomic E-state index is 13.0. The number of rotatable bonds is 14. The second kappa shape index (κ2) is 16.4. The van der Waals surface area contributed by atoms with Crippen molar-refractivity contribution in [3.05, 3.63) is 71.0 Å². The normalized spacial score (nSPS) is 12.6. The highest BCUT2D eigenvalue weighted by Gasteiger charge is 2.30. The number of nitrogens with one attached hydrogen (secondary N) is 1. The average molecular weight is 633 g/mol. The molecule has 3 rings (SSSR count). The Labute approximate surface area is 249 Å². The highest BCUT2D eigenvalue weighted by molar-refractivity contribution is 7.91. The van der Waals surface area contributed by atoms with Crippen molar-refractivity contribution in [2.75, 3.05) is 36.6 Å². The average Bonchev–Trinajstić information content (AvgIpc) is 3.33. The van der Waals surface area contributed by atoms with E-state index in [2.05, 4.69) is 10.3 Å². The van der Waals surface area contributed by atoms with Crippen molar-refractivity contribution in [3.8, 4) is 11.5 Å². The van der Waals surface area contributed by atoms with Crippen LogP contribution in [0.25, 0.3) is 0 Å². The SMILES string of the molecule is CC.CC(Nc1ccc(Oc2cccc(C(F)(F)F)c2)c(Cl)c1)c1c(N=CN)ccn1CCOCCS(=O)(=O)CCO. The Morgan fingerprint density at radius 1 is 1.14 bits per heavy atom. The number of anilines is 1. The minimum atomic E-state index is -4.50. The van der Waals surface area contributed by atoms with E-state index in [9.17, 15) is 21.6 Å². The van der Waals surface area contributed by atoms with Crippen molar-refractivity contribution in [2.24, 2.45) is 10.7 Å².